The van der Waals surface area contributed by atoms with Crippen molar-refractivity contribution in [2.75, 3.05) is 0 Å². The van der Waals surface area contributed by atoms with Crippen molar-refractivity contribution in [2.45, 2.75) is 89.9 Å². The number of hydrogen-bond acceptors (Lipinski definition) is 1. The van der Waals surface area contributed by atoms with Crippen LogP contribution in [0.3, 0.4) is 0 Å². The predicted octanol–water partition coefficient (Wildman–Crippen LogP) is 9.94. The molecule has 0 aliphatic heterocycles. The molecule has 0 saturated heterocycles. The van der Waals surface area contributed by atoms with E-state index in [0.29, 0.717) is 18.8 Å². The number of halogens is 5. The number of allylic oxidation sites excluding steroid dienone is 2. The minimum Gasteiger partial charge on any atom is -0.295 e. The Labute approximate surface area is 222 Å². The third-order valence-corrected chi connectivity index (χ3v) is 7.24. The molecule has 200 valence electrons. The molecule has 6 heteroatoms. The van der Waals surface area contributed by atoms with Crippen molar-refractivity contribution in [3.63, 3.8) is 0 Å². The number of hydrogen-bond donors (Lipinski definition) is 0. The predicted molar refractivity (Wildman–Crippen MR) is 144 cm³/mol. The molecule has 1 nitrogen and oxygen atoms in total. The van der Waals surface area contributed by atoms with Crippen LogP contribution in [-0.4, -0.2) is 5.78 Å². The molecule has 2 aromatic rings. The number of carbonyl (C=O) groups excluding carboxylic acids is 1. The van der Waals surface area contributed by atoms with Gasteiger partial charge in [0.05, 0.1) is 5.56 Å². The first-order valence-electron chi connectivity index (χ1n) is 12.9. The first-order valence-corrected chi connectivity index (χ1v) is 13.3. The van der Waals surface area contributed by atoms with Crippen LogP contribution in [0, 0.1) is 0 Å². The van der Waals surface area contributed by atoms with E-state index in [-0.39, 0.29) is 28.9 Å². The van der Waals surface area contributed by atoms with Crippen LogP contribution >= 0.6 is 11.6 Å². The molecular formula is C31H35ClF4O. The lowest BCUT2D eigenvalue weighted by Crippen LogP contribution is -2.14. The van der Waals surface area contributed by atoms with E-state index in [0.717, 1.165) is 49.3 Å². The molecule has 0 spiro atoms. The molecule has 3 rings (SSSR count). The van der Waals surface area contributed by atoms with E-state index < -0.39 is 17.4 Å². The van der Waals surface area contributed by atoms with Crippen molar-refractivity contribution in [2.24, 2.45) is 0 Å². The molecule has 1 unspecified atom stereocenters. The van der Waals surface area contributed by atoms with Crippen molar-refractivity contribution in [3.05, 3.63) is 87.0 Å². The van der Waals surface area contributed by atoms with Crippen LogP contribution in [0.5, 0.6) is 0 Å². The van der Waals surface area contributed by atoms with Gasteiger partial charge in [0.1, 0.15) is 5.67 Å². The maximum absolute atomic E-state index is 14.4. The van der Waals surface area contributed by atoms with Gasteiger partial charge in [-0.1, -0.05) is 62.6 Å². The largest absolute Gasteiger partial charge is 0.416 e. The zero-order valence-corrected chi connectivity index (χ0v) is 22.5. The van der Waals surface area contributed by atoms with Crippen LogP contribution in [0.25, 0.3) is 6.08 Å². The van der Waals surface area contributed by atoms with E-state index in [9.17, 15) is 22.4 Å². The molecule has 0 radical (unpaired) electrons. The van der Waals surface area contributed by atoms with Gasteiger partial charge in [0.2, 0.25) is 0 Å². The van der Waals surface area contributed by atoms with E-state index in [1.54, 1.807) is 0 Å². The first kappa shape index (κ1) is 29.2. The summed E-state index contributed by atoms with van der Waals surface area (Å²) >= 11 is 6.30. The summed E-state index contributed by atoms with van der Waals surface area (Å²) in [5.41, 5.74) is 1.44. The lowest BCUT2D eigenvalue weighted by Gasteiger charge is -2.19. The van der Waals surface area contributed by atoms with Crippen molar-refractivity contribution in [1.29, 1.82) is 0 Å². The van der Waals surface area contributed by atoms with Crippen LogP contribution < -0.4 is 0 Å². The number of fused-ring (bicyclic) bond motifs is 1. The lowest BCUT2D eigenvalue weighted by molar-refractivity contribution is -0.137. The van der Waals surface area contributed by atoms with Crippen LogP contribution in [0.15, 0.2) is 48.6 Å². The number of alkyl halides is 4. The lowest BCUT2D eigenvalue weighted by atomic mass is 9.91. The number of unbranched alkanes of at least 4 members (excludes halogenated alkanes) is 3. The highest BCUT2D eigenvalue weighted by atomic mass is 35.5. The highest BCUT2D eigenvalue weighted by Crippen LogP contribution is 2.38. The standard InChI is InChI=1S/C31H35ClF4O/c1-5-22-17-26(32)19-28-23(12-13-27(22)28)10-8-6-7-9-11-29(37)20(2)14-21-15-24(30(3,4)33)18-25(16-21)31(34,35)36/h12-13,15-19,23H,2,5-11,14H2,1,3-4H3. The van der Waals surface area contributed by atoms with Crippen LogP contribution in [0.2, 0.25) is 5.02 Å². The van der Waals surface area contributed by atoms with Gasteiger partial charge in [-0.15, -0.1) is 0 Å². The molecule has 2 aromatic carbocycles. The smallest absolute Gasteiger partial charge is 0.295 e. The van der Waals surface area contributed by atoms with E-state index >= 15 is 0 Å². The summed E-state index contributed by atoms with van der Waals surface area (Å²) in [6.45, 7) is 8.36. The molecule has 0 amide bonds. The van der Waals surface area contributed by atoms with Gasteiger partial charge < -0.3 is 0 Å². The third kappa shape index (κ3) is 7.80. The summed E-state index contributed by atoms with van der Waals surface area (Å²) in [4.78, 5) is 12.6. The van der Waals surface area contributed by atoms with Crippen molar-refractivity contribution >= 4 is 23.5 Å². The summed E-state index contributed by atoms with van der Waals surface area (Å²) in [6.07, 6.45) is 5.71. The molecular weight excluding hydrogens is 500 g/mol. The highest BCUT2D eigenvalue weighted by molar-refractivity contribution is 6.30. The van der Waals surface area contributed by atoms with Gasteiger partial charge in [-0.3, -0.25) is 4.79 Å². The second-order valence-corrected chi connectivity index (χ2v) is 10.9. The fourth-order valence-corrected chi connectivity index (χ4v) is 5.14. The van der Waals surface area contributed by atoms with Crippen LogP contribution in [0.4, 0.5) is 17.6 Å². The number of ketones is 1. The van der Waals surface area contributed by atoms with Crippen molar-refractivity contribution < 1.29 is 22.4 Å². The molecule has 1 aliphatic carbocycles. The fraction of sp³-hybridized carbons (Fsp3) is 0.452. The van der Waals surface area contributed by atoms with E-state index in [4.69, 9.17) is 11.6 Å². The normalized spacial score (nSPS) is 15.2. The molecule has 1 aliphatic rings. The Morgan fingerprint density at radius 2 is 1.65 bits per heavy atom. The average Bonchev–Trinajstić information content (AvgIpc) is 3.21. The summed E-state index contributed by atoms with van der Waals surface area (Å²) in [6, 6.07) is 7.28. The molecule has 0 bridgehead atoms. The zero-order valence-electron chi connectivity index (χ0n) is 21.8. The number of aryl methyl sites for hydroxylation is 1. The van der Waals surface area contributed by atoms with Gasteiger partial charge in [0.15, 0.2) is 5.78 Å². The molecule has 37 heavy (non-hydrogen) atoms. The number of Topliss-reactive ketones (excluding diaryl/α,β-unsaturated/α-hetero) is 1. The molecule has 0 fully saturated rings. The van der Waals surface area contributed by atoms with Gasteiger partial charge in [-0.2, -0.15) is 13.2 Å². The minimum absolute atomic E-state index is 0.0262. The Bertz CT molecular complexity index is 1140. The quantitative estimate of drug-likeness (QED) is 0.150. The van der Waals surface area contributed by atoms with E-state index in [2.05, 4.69) is 31.7 Å². The molecule has 1 atom stereocenters. The third-order valence-electron chi connectivity index (χ3n) is 7.03. The second-order valence-electron chi connectivity index (χ2n) is 10.4. The van der Waals surface area contributed by atoms with Crippen LogP contribution in [-0.2, 0) is 29.5 Å². The SMILES string of the molecule is C=C(Cc1cc(C(C)(C)F)cc(C(F)(F)F)c1)C(=O)CCCCCCC1C=Cc2c(CC)cc(Cl)cc21. The maximum Gasteiger partial charge on any atom is 0.416 e. The van der Waals surface area contributed by atoms with Gasteiger partial charge in [-0.25, -0.2) is 4.39 Å². The summed E-state index contributed by atoms with van der Waals surface area (Å²) in [7, 11) is 0. The summed E-state index contributed by atoms with van der Waals surface area (Å²) < 4.78 is 54.3. The molecule has 0 heterocycles. The molecule has 0 N–H and O–H groups in total. The zero-order chi connectivity index (χ0) is 27.4. The average molecular weight is 535 g/mol. The Balaban J connectivity index is 1.46. The van der Waals surface area contributed by atoms with Crippen LogP contribution in [0.1, 0.15) is 98.6 Å². The van der Waals surface area contributed by atoms with E-state index in [1.807, 2.05) is 6.07 Å². The first-order chi connectivity index (χ1) is 17.3. The molecule has 0 saturated carbocycles. The van der Waals surface area contributed by atoms with Gasteiger partial charge in [0.25, 0.3) is 0 Å². The van der Waals surface area contributed by atoms with Crippen molar-refractivity contribution in [3.8, 4) is 0 Å². The Morgan fingerprint density at radius 1 is 0.973 bits per heavy atom. The topological polar surface area (TPSA) is 17.1 Å². The fourth-order valence-electron chi connectivity index (χ4n) is 4.89. The number of benzene rings is 2. The molecule has 0 aromatic heterocycles. The van der Waals surface area contributed by atoms with Gasteiger partial charge in [0, 0.05) is 23.8 Å². The van der Waals surface area contributed by atoms with Crippen molar-refractivity contribution in [1.82, 2.24) is 0 Å². The Kier molecular flexibility index (Phi) is 9.44. The monoisotopic (exact) mass is 534 g/mol. The number of carbonyl (C=O) groups is 1. The highest BCUT2D eigenvalue weighted by Gasteiger charge is 2.33. The Morgan fingerprint density at radius 3 is 2.30 bits per heavy atom. The van der Waals surface area contributed by atoms with Gasteiger partial charge in [-0.05, 0) is 90.8 Å². The summed E-state index contributed by atoms with van der Waals surface area (Å²) in [5, 5.41) is 0.776. The second kappa shape index (κ2) is 12.0. The Hall–Kier alpha value is -2.40. The minimum atomic E-state index is -4.59. The van der Waals surface area contributed by atoms with Gasteiger partial charge >= 0.3 is 6.18 Å². The number of rotatable bonds is 12. The summed E-state index contributed by atoms with van der Waals surface area (Å²) in [5.74, 6) is 0.208. The van der Waals surface area contributed by atoms with E-state index in [1.165, 1.54) is 36.6 Å². The maximum atomic E-state index is 14.4.